The summed E-state index contributed by atoms with van der Waals surface area (Å²) in [6.07, 6.45) is 13.6. The first kappa shape index (κ1) is 33.8. The summed E-state index contributed by atoms with van der Waals surface area (Å²) >= 11 is 0. The Balaban J connectivity index is 2.02. The highest BCUT2D eigenvalue weighted by Gasteiger charge is 2.24. The minimum Gasteiger partial charge on any atom is -0.480 e. The Morgan fingerprint density at radius 3 is 2.42 bits per heavy atom. The summed E-state index contributed by atoms with van der Waals surface area (Å²) in [6.45, 7) is 1.84. The van der Waals surface area contributed by atoms with Crippen LogP contribution >= 0.6 is 7.82 Å². The summed E-state index contributed by atoms with van der Waals surface area (Å²) in [4.78, 5) is 43.6. The first-order chi connectivity index (χ1) is 18.1. The highest BCUT2D eigenvalue weighted by molar-refractivity contribution is 7.47. The molecule has 1 aromatic heterocycles. The predicted octanol–water partition coefficient (Wildman–Crippen LogP) is 3.18. The van der Waals surface area contributed by atoms with Gasteiger partial charge in [0.15, 0.2) is 0 Å². The van der Waals surface area contributed by atoms with Crippen molar-refractivity contribution in [3.05, 3.63) is 11.9 Å². The molecule has 0 aliphatic rings. The number of Topliss-reactive ketones (excluding diaryl/α,β-unsaturated/α-hetero) is 1. The van der Waals surface area contributed by atoms with E-state index < -0.39 is 38.2 Å². The van der Waals surface area contributed by atoms with Crippen molar-refractivity contribution >= 4 is 25.5 Å². The first-order valence-corrected chi connectivity index (χ1v) is 14.8. The Labute approximate surface area is 224 Å². The number of nitrogens with zero attached hydrogens (tertiary/aromatic N) is 3. The number of carboxylic acids is 1. The van der Waals surface area contributed by atoms with Crippen molar-refractivity contribution in [1.82, 2.24) is 15.0 Å². The number of nitrogens with two attached hydrogens (primary N) is 1. The van der Waals surface area contributed by atoms with E-state index in [1.807, 2.05) is 10.9 Å². The average molecular weight is 563 g/mol. The Hall–Kier alpha value is -2.18. The maximum atomic E-state index is 11.9. The van der Waals surface area contributed by atoms with E-state index in [0.29, 0.717) is 6.42 Å². The molecule has 1 aromatic rings. The monoisotopic (exact) mass is 562 g/mol. The van der Waals surface area contributed by atoms with Crippen LogP contribution in [0.2, 0.25) is 0 Å². The summed E-state index contributed by atoms with van der Waals surface area (Å²) in [6, 6.07) is -1.46. The zero-order valence-corrected chi connectivity index (χ0v) is 23.2. The quantitative estimate of drug-likeness (QED) is 0.0722. The van der Waals surface area contributed by atoms with E-state index in [-0.39, 0.29) is 26.1 Å². The number of phosphoric acid groups is 1. The van der Waals surface area contributed by atoms with Gasteiger partial charge in [-0.25, -0.2) is 9.36 Å². The van der Waals surface area contributed by atoms with Gasteiger partial charge < -0.3 is 20.5 Å². The molecule has 2 atom stereocenters. The van der Waals surface area contributed by atoms with Gasteiger partial charge in [0, 0.05) is 25.6 Å². The Kier molecular flexibility index (Phi) is 17.7. The second-order valence-corrected chi connectivity index (χ2v) is 10.6. The van der Waals surface area contributed by atoms with Crippen molar-refractivity contribution in [3.63, 3.8) is 0 Å². The fraction of sp³-hybridized carbons (Fsp3) is 0.792. The number of phosphoric ester groups is 1. The van der Waals surface area contributed by atoms with Crippen LogP contribution in [0.15, 0.2) is 6.20 Å². The average Bonchev–Trinajstić information content (AvgIpc) is 3.33. The van der Waals surface area contributed by atoms with Crippen LogP contribution in [0.5, 0.6) is 0 Å². The summed E-state index contributed by atoms with van der Waals surface area (Å²) in [5.41, 5.74) is 6.21. The molecule has 38 heavy (non-hydrogen) atoms. The van der Waals surface area contributed by atoms with Crippen molar-refractivity contribution in [2.24, 2.45) is 5.73 Å². The molecular formula is C24H43N4O9P. The third-order valence-corrected chi connectivity index (χ3v) is 6.64. The number of ether oxygens (including phenoxy) is 1. The molecule has 0 bridgehead atoms. The molecule has 1 unspecified atom stereocenters. The lowest BCUT2D eigenvalue weighted by molar-refractivity contribution is -0.154. The molecule has 14 heteroatoms. The van der Waals surface area contributed by atoms with Crippen molar-refractivity contribution in [2.45, 2.75) is 103 Å². The van der Waals surface area contributed by atoms with E-state index >= 15 is 0 Å². The minimum absolute atomic E-state index is 0.0458. The second-order valence-electron chi connectivity index (χ2n) is 9.11. The number of hydrogen-bond donors (Lipinski definition) is 3. The molecule has 0 spiro atoms. The fourth-order valence-electron chi connectivity index (χ4n) is 3.43. The van der Waals surface area contributed by atoms with Gasteiger partial charge in [-0.2, -0.15) is 0 Å². The van der Waals surface area contributed by atoms with Crippen molar-refractivity contribution in [2.75, 3.05) is 19.8 Å². The molecule has 0 saturated carbocycles. The van der Waals surface area contributed by atoms with Gasteiger partial charge in [-0.05, 0) is 25.7 Å². The maximum absolute atomic E-state index is 11.9. The number of unbranched alkanes of at least 4 members (excludes halogenated alkanes) is 8. The zero-order valence-electron chi connectivity index (χ0n) is 22.3. The molecular weight excluding hydrogens is 519 g/mol. The number of ketones is 1. The van der Waals surface area contributed by atoms with Gasteiger partial charge in [-0.1, -0.05) is 57.1 Å². The van der Waals surface area contributed by atoms with Crippen LogP contribution < -0.4 is 5.73 Å². The van der Waals surface area contributed by atoms with Crippen molar-refractivity contribution in [3.8, 4) is 0 Å². The van der Waals surface area contributed by atoms with E-state index in [9.17, 15) is 23.8 Å². The number of aromatic nitrogens is 3. The molecule has 13 nitrogen and oxygen atoms in total. The summed E-state index contributed by atoms with van der Waals surface area (Å²) in [5, 5.41) is 17.0. The number of rotatable bonds is 24. The highest BCUT2D eigenvalue weighted by Crippen LogP contribution is 2.43. The maximum Gasteiger partial charge on any atom is 0.472 e. The standard InChI is InChI=1S/C24H43N4O9P/c1-2-3-4-6-9-13-20-18-28(27-26-20)15-11-8-5-7-10-14-22(29)24(32)35-16-12-17-36-38(33,34)37-19-21(25)23(30)31/h18,21H,2-17,19,25H2,1H3,(H,30,31)(H,33,34)/t21-/m0/s1. The van der Waals surface area contributed by atoms with Crippen LogP contribution in [0.1, 0.15) is 89.7 Å². The smallest absolute Gasteiger partial charge is 0.472 e. The Bertz CT molecular complexity index is 881. The van der Waals surface area contributed by atoms with Crippen LogP contribution in [0.25, 0.3) is 0 Å². The highest BCUT2D eigenvalue weighted by atomic mass is 31.2. The molecule has 4 N–H and O–H groups in total. The normalized spacial score (nSPS) is 13.7. The molecule has 0 saturated heterocycles. The molecule has 0 radical (unpaired) electrons. The van der Waals surface area contributed by atoms with Crippen molar-refractivity contribution in [1.29, 1.82) is 0 Å². The predicted molar refractivity (Wildman–Crippen MR) is 138 cm³/mol. The van der Waals surface area contributed by atoms with Crippen LogP contribution in [0, 0.1) is 0 Å². The molecule has 1 rings (SSSR count). The van der Waals surface area contributed by atoms with Crippen LogP contribution in [-0.2, 0) is 45.7 Å². The van der Waals surface area contributed by atoms with Gasteiger partial charge in [0.25, 0.3) is 0 Å². The van der Waals surface area contributed by atoms with Gasteiger partial charge in [0.2, 0.25) is 5.78 Å². The summed E-state index contributed by atoms with van der Waals surface area (Å²) < 4.78 is 27.4. The molecule has 0 amide bonds. The van der Waals surface area contributed by atoms with Gasteiger partial charge in [0.05, 0.1) is 25.5 Å². The van der Waals surface area contributed by atoms with Crippen LogP contribution in [-0.4, -0.2) is 68.6 Å². The Morgan fingerprint density at radius 1 is 1.00 bits per heavy atom. The molecule has 0 aliphatic carbocycles. The second kappa shape index (κ2) is 19.8. The lowest BCUT2D eigenvalue weighted by Crippen LogP contribution is -2.34. The van der Waals surface area contributed by atoms with Gasteiger partial charge in [-0.15, -0.1) is 5.10 Å². The third kappa shape index (κ3) is 16.6. The zero-order chi connectivity index (χ0) is 28.2. The van der Waals surface area contributed by atoms with Gasteiger partial charge in [0.1, 0.15) is 6.04 Å². The van der Waals surface area contributed by atoms with E-state index in [1.165, 1.54) is 25.7 Å². The lowest BCUT2D eigenvalue weighted by Gasteiger charge is -2.13. The molecule has 1 heterocycles. The molecule has 0 aliphatic heterocycles. The number of carboxylic acid groups (broad SMARTS) is 1. The van der Waals surface area contributed by atoms with Crippen LogP contribution in [0.4, 0.5) is 0 Å². The Morgan fingerprint density at radius 2 is 1.68 bits per heavy atom. The van der Waals surface area contributed by atoms with E-state index in [0.717, 1.165) is 50.8 Å². The SMILES string of the molecule is CCCCCCCc1cn(CCCCCCCC(=O)C(=O)OCCCOP(=O)(O)OC[C@H](N)C(=O)O)nn1. The van der Waals surface area contributed by atoms with Crippen LogP contribution in [0.3, 0.4) is 0 Å². The largest absolute Gasteiger partial charge is 0.480 e. The number of carbonyl (C=O) groups excluding carboxylic acids is 2. The minimum atomic E-state index is -4.48. The lowest BCUT2D eigenvalue weighted by atomic mass is 10.1. The number of aryl methyl sites for hydroxylation is 2. The van der Waals surface area contributed by atoms with Gasteiger partial charge >= 0.3 is 19.8 Å². The number of esters is 1. The molecule has 0 aromatic carbocycles. The van der Waals surface area contributed by atoms with E-state index in [1.54, 1.807) is 0 Å². The number of carbonyl (C=O) groups is 3. The van der Waals surface area contributed by atoms with Gasteiger partial charge in [-0.3, -0.25) is 23.3 Å². The summed E-state index contributed by atoms with van der Waals surface area (Å²) in [7, 11) is -4.48. The molecule has 218 valence electrons. The number of hydrogen-bond acceptors (Lipinski definition) is 10. The topological polar surface area (TPSA) is 193 Å². The molecule has 0 fully saturated rings. The summed E-state index contributed by atoms with van der Waals surface area (Å²) in [5.74, 6) is -2.95. The van der Waals surface area contributed by atoms with E-state index in [4.69, 9.17) is 15.6 Å². The van der Waals surface area contributed by atoms with E-state index in [2.05, 4.69) is 26.3 Å². The fourth-order valence-corrected chi connectivity index (χ4v) is 4.21. The third-order valence-electron chi connectivity index (χ3n) is 5.65. The first-order valence-electron chi connectivity index (χ1n) is 13.3. The van der Waals surface area contributed by atoms with Crippen molar-refractivity contribution < 1.29 is 42.7 Å². The number of aliphatic carboxylic acids is 1.